The quantitative estimate of drug-likeness (QED) is 0.829. The molecule has 1 aliphatic heterocycles. The van der Waals surface area contributed by atoms with Gasteiger partial charge in [-0.25, -0.2) is 4.98 Å². The van der Waals surface area contributed by atoms with Crippen LogP contribution in [0.4, 0.5) is 10.8 Å². The number of benzene rings is 1. The van der Waals surface area contributed by atoms with Crippen LogP contribution in [0.2, 0.25) is 0 Å². The van der Waals surface area contributed by atoms with Gasteiger partial charge >= 0.3 is 0 Å². The van der Waals surface area contributed by atoms with E-state index in [9.17, 15) is 9.59 Å². The Balaban J connectivity index is 1.53. The molecule has 0 atom stereocenters. The highest BCUT2D eigenvalue weighted by Crippen LogP contribution is 2.35. The number of hydrogen-bond donors (Lipinski definition) is 1. The summed E-state index contributed by atoms with van der Waals surface area (Å²) in [4.78, 5) is 31.1. The number of anilines is 2. The van der Waals surface area contributed by atoms with Crippen molar-refractivity contribution in [1.29, 1.82) is 0 Å². The number of carbonyl (C=O) groups excluding carboxylic acids is 2. The number of nitrogens with zero attached hydrogens (tertiary/aromatic N) is 2. The van der Waals surface area contributed by atoms with Crippen molar-refractivity contribution >= 4 is 34.0 Å². The lowest BCUT2D eigenvalue weighted by atomic mass is 9.96. The van der Waals surface area contributed by atoms with Gasteiger partial charge in [-0.05, 0) is 43.4 Å². The molecule has 28 heavy (non-hydrogen) atoms. The van der Waals surface area contributed by atoms with Crippen LogP contribution in [0.3, 0.4) is 0 Å². The molecule has 6 nitrogen and oxygen atoms in total. The number of carbonyl (C=O) groups is 2. The summed E-state index contributed by atoms with van der Waals surface area (Å²) < 4.78 is 4.83. The van der Waals surface area contributed by atoms with E-state index in [0.717, 1.165) is 49.2 Å². The molecule has 0 bridgehead atoms. The second-order valence-corrected chi connectivity index (χ2v) is 8.30. The summed E-state index contributed by atoms with van der Waals surface area (Å²) in [5.74, 6) is 0.278. The maximum absolute atomic E-state index is 12.9. The third-order valence-corrected chi connectivity index (χ3v) is 6.25. The topological polar surface area (TPSA) is 71.5 Å². The molecule has 0 saturated heterocycles. The first-order valence-electron chi connectivity index (χ1n) is 9.84. The number of hydrogen-bond acceptors (Lipinski definition) is 5. The maximum Gasteiger partial charge on any atom is 0.252 e. The van der Waals surface area contributed by atoms with E-state index in [1.165, 1.54) is 36.9 Å². The summed E-state index contributed by atoms with van der Waals surface area (Å²) in [6.45, 7) is 0.826. The Hall–Kier alpha value is -2.25. The van der Waals surface area contributed by atoms with Crippen LogP contribution >= 0.6 is 11.3 Å². The Labute approximate surface area is 168 Å². The van der Waals surface area contributed by atoms with E-state index in [1.807, 2.05) is 16.3 Å². The predicted octanol–water partition coefficient (Wildman–Crippen LogP) is 3.86. The second kappa shape index (κ2) is 8.41. The molecule has 2 heterocycles. The van der Waals surface area contributed by atoms with Crippen molar-refractivity contribution in [3.63, 3.8) is 0 Å². The van der Waals surface area contributed by atoms with Crippen molar-refractivity contribution in [1.82, 2.24) is 4.98 Å². The van der Waals surface area contributed by atoms with Crippen LogP contribution in [0.25, 0.3) is 11.3 Å². The van der Waals surface area contributed by atoms with Gasteiger partial charge in [0.25, 0.3) is 5.91 Å². The molecule has 4 rings (SSSR count). The molecular formula is C21H25N3O3S. The first kappa shape index (κ1) is 19.1. The fraction of sp³-hybridized carbons (Fsp3) is 0.476. The van der Waals surface area contributed by atoms with Crippen molar-refractivity contribution in [3.05, 3.63) is 29.1 Å². The van der Waals surface area contributed by atoms with E-state index < -0.39 is 0 Å². The van der Waals surface area contributed by atoms with Gasteiger partial charge < -0.3 is 9.64 Å². The molecule has 1 saturated carbocycles. The Morgan fingerprint density at radius 2 is 2.11 bits per heavy atom. The van der Waals surface area contributed by atoms with Crippen LogP contribution in [0.1, 0.15) is 37.7 Å². The molecule has 1 fully saturated rings. The first-order chi connectivity index (χ1) is 13.7. The maximum atomic E-state index is 12.9. The third kappa shape index (κ3) is 3.95. The number of amides is 2. The lowest BCUT2D eigenvalue weighted by Crippen LogP contribution is -2.39. The number of aromatic nitrogens is 1. The zero-order valence-electron chi connectivity index (χ0n) is 16.1. The number of aryl methyl sites for hydroxylation is 1. The molecule has 1 aliphatic carbocycles. The summed E-state index contributed by atoms with van der Waals surface area (Å²) in [5, 5.41) is 5.24. The van der Waals surface area contributed by atoms with Crippen LogP contribution in [-0.4, -0.2) is 37.1 Å². The monoisotopic (exact) mass is 399 g/mol. The van der Waals surface area contributed by atoms with Crippen LogP contribution in [0.15, 0.2) is 23.6 Å². The van der Waals surface area contributed by atoms with Crippen molar-refractivity contribution in [2.24, 2.45) is 5.92 Å². The van der Waals surface area contributed by atoms with Gasteiger partial charge in [0.05, 0.1) is 5.69 Å². The Morgan fingerprint density at radius 3 is 2.89 bits per heavy atom. The first-order valence-corrected chi connectivity index (χ1v) is 10.7. The second-order valence-electron chi connectivity index (χ2n) is 7.44. The fourth-order valence-corrected chi connectivity index (χ4v) is 4.86. The number of rotatable bonds is 5. The number of nitrogens with one attached hydrogen (secondary N) is 1. The summed E-state index contributed by atoms with van der Waals surface area (Å²) in [5.41, 5.74) is 4.10. The summed E-state index contributed by atoms with van der Waals surface area (Å²) >= 11 is 1.40. The Kier molecular flexibility index (Phi) is 5.73. The molecule has 0 spiro atoms. The van der Waals surface area contributed by atoms with Gasteiger partial charge in [-0.3, -0.25) is 14.9 Å². The molecule has 2 aromatic rings. The normalized spacial score (nSPS) is 16.8. The van der Waals surface area contributed by atoms with Gasteiger partial charge in [0.15, 0.2) is 5.13 Å². The third-order valence-electron chi connectivity index (χ3n) is 5.49. The molecule has 7 heteroatoms. The SMILES string of the molecule is COCC(=O)Nc1nc(-c2ccc3c(c2)CCCN3C(=O)C2CCCC2)cs1. The van der Waals surface area contributed by atoms with Gasteiger partial charge in [0, 0.05) is 36.2 Å². The van der Waals surface area contributed by atoms with E-state index in [2.05, 4.69) is 22.4 Å². The molecule has 2 aliphatic rings. The van der Waals surface area contributed by atoms with Gasteiger partial charge in [-0.1, -0.05) is 18.9 Å². The lowest BCUT2D eigenvalue weighted by molar-refractivity contribution is -0.122. The van der Waals surface area contributed by atoms with E-state index in [4.69, 9.17) is 4.74 Å². The zero-order chi connectivity index (χ0) is 19.5. The molecule has 1 N–H and O–H groups in total. The number of methoxy groups -OCH3 is 1. The number of ether oxygens (including phenoxy) is 1. The number of fused-ring (bicyclic) bond motifs is 1. The molecule has 1 aromatic heterocycles. The minimum atomic E-state index is -0.213. The highest BCUT2D eigenvalue weighted by atomic mass is 32.1. The van der Waals surface area contributed by atoms with E-state index in [0.29, 0.717) is 11.0 Å². The van der Waals surface area contributed by atoms with Crippen LogP contribution in [-0.2, 0) is 20.7 Å². The molecule has 148 valence electrons. The van der Waals surface area contributed by atoms with Crippen molar-refractivity contribution < 1.29 is 14.3 Å². The molecule has 2 amide bonds. The lowest BCUT2D eigenvalue weighted by Gasteiger charge is -2.31. The highest BCUT2D eigenvalue weighted by Gasteiger charge is 2.30. The van der Waals surface area contributed by atoms with Gasteiger partial charge in [0.1, 0.15) is 6.61 Å². The summed E-state index contributed by atoms with van der Waals surface area (Å²) in [7, 11) is 1.49. The average molecular weight is 400 g/mol. The van der Waals surface area contributed by atoms with E-state index in [1.54, 1.807) is 0 Å². The minimum absolute atomic E-state index is 0.0125. The van der Waals surface area contributed by atoms with Crippen molar-refractivity contribution in [2.45, 2.75) is 38.5 Å². The largest absolute Gasteiger partial charge is 0.375 e. The molecular weight excluding hydrogens is 374 g/mol. The average Bonchev–Trinajstić information content (AvgIpc) is 3.39. The van der Waals surface area contributed by atoms with Gasteiger partial charge in [-0.2, -0.15) is 0 Å². The highest BCUT2D eigenvalue weighted by molar-refractivity contribution is 7.14. The summed E-state index contributed by atoms with van der Waals surface area (Å²) in [6, 6.07) is 6.22. The minimum Gasteiger partial charge on any atom is -0.375 e. The van der Waals surface area contributed by atoms with Crippen molar-refractivity contribution in [3.8, 4) is 11.3 Å². The van der Waals surface area contributed by atoms with Crippen LogP contribution < -0.4 is 10.2 Å². The molecule has 1 aromatic carbocycles. The van der Waals surface area contributed by atoms with Gasteiger partial charge in [-0.15, -0.1) is 11.3 Å². The zero-order valence-corrected chi connectivity index (χ0v) is 16.9. The van der Waals surface area contributed by atoms with Crippen molar-refractivity contribution in [2.75, 3.05) is 30.5 Å². The summed E-state index contributed by atoms with van der Waals surface area (Å²) in [6.07, 6.45) is 6.36. The van der Waals surface area contributed by atoms with Crippen LogP contribution in [0.5, 0.6) is 0 Å². The standard InChI is InChI=1S/C21H25N3O3S/c1-27-12-19(25)23-21-22-17(13-28-21)15-8-9-18-16(11-15)7-4-10-24(18)20(26)14-5-2-3-6-14/h8-9,11,13-14H,2-7,10,12H2,1H3,(H,22,23,25). The fourth-order valence-electron chi connectivity index (χ4n) is 4.13. The Bertz CT molecular complexity index is 874. The Morgan fingerprint density at radius 1 is 1.29 bits per heavy atom. The number of thiazole rings is 1. The smallest absolute Gasteiger partial charge is 0.252 e. The van der Waals surface area contributed by atoms with Crippen LogP contribution in [0, 0.1) is 5.92 Å². The predicted molar refractivity (Wildman–Crippen MR) is 111 cm³/mol. The van der Waals surface area contributed by atoms with Gasteiger partial charge in [0.2, 0.25) is 5.91 Å². The van der Waals surface area contributed by atoms with E-state index in [-0.39, 0.29) is 18.4 Å². The molecule has 0 radical (unpaired) electrons. The molecule has 0 unspecified atom stereocenters. The van der Waals surface area contributed by atoms with E-state index >= 15 is 0 Å².